The van der Waals surface area contributed by atoms with Crippen LogP contribution in [0, 0.1) is 12.7 Å². The van der Waals surface area contributed by atoms with Crippen LogP contribution in [0.15, 0.2) is 64.5 Å². The van der Waals surface area contributed by atoms with Crippen molar-refractivity contribution in [3.8, 4) is 17.1 Å². The molecule has 2 heterocycles. The van der Waals surface area contributed by atoms with Crippen LogP contribution in [0.25, 0.3) is 17.1 Å². The standard InChI is InChI=1S/C23H23FN6O2S/c1-4-29-21(16-10-12-17(24)13-11-16)26-27-23(29)33-14-19(31)25-20-15(2)28(3)30(22(20)32)18-8-6-5-7-9-18/h5-13H,4,14H2,1-3H3,(H,25,31). The molecular formula is C23H23FN6O2S. The Morgan fingerprint density at radius 3 is 2.45 bits per heavy atom. The first kappa shape index (κ1) is 22.5. The van der Waals surface area contributed by atoms with Crippen molar-refractivity contribution >= 4 is 23.4 Å². The zero-order valence-corrected chi connectivity index (χ0v) is 19.3. The number of carbonyl (C=O) groups is 1. The van der Waals surface area contributed by atoms with Gasteiger partial charge in [0.15, 0.2) is 11.0 Å². The molecule has 0 saturated carbocycles. The first-order valence-corrected chi connectivity index (χ1v) is 11.3. The van der Waals surface area contributed by atoms with Gasteiger partial charge in [0.1, 0.15) is 11.5 Å². The number of benzene rings is 2. The minimum Gasteiger partial charge on any atom is -0.319 e. The van der Waals surface area contributed by atoms with Crippen molar-refractivity contribution in [2.75, 3.05) is 11.1 Å². The first-order valence-electron chi connectivity index (χ1n) is 10.4. The summed E-state index contributed by atoms with van der Waals surface area (Å²) in [6.07, 6.45) is 0. The molecule has 0 atom stereocenters. The summed E-state index contributed by atoms with van der Waals surface area (Å²) >= 11 is 1.22. The predicted octanol–water partition coefficient (Wildman–Crippen LogP) is 3.63. The van der Waals surface area contributed by atoms with Gasteiger partial charge in [0.2, 0.25) is 5.91 Å². The van der Waals surface area contributed by atoms with E-state index in [1.165, 1.54) is 28.6 Å². The van der Waals surface area contributed by atoms with Crippen LogP contribution in [0.2, 0.25) is 0 Å². The van der Waals surface area contributed by atoms with Gasteiger partial charge in [0.05, 0.1) is 17.1 Å². The second-order valence-electron chi connectivity index (χ2n) is 7.33. The molecule has 10 heteroatoms. The maximum Gasteiger partial charge on any atom is 0.295 e. The number of hydrogen-bond donors (Lipinski definition) is 1. The Bertz CT molecular complexity index is 1340. The van der Waals surface area contributed by atoms with E-state index in [9.17, 15) is 14.0 Å². The van der Waals surface area contributed by atoms with Gasteiger partial charge in [-0.05, 0) is 50.2 Å². The molecule has 0 bridgehead atoms. The molecule has 1 N–H and O–H groups in total. The predicted molar refractivity (Wildman–Crippen MR) is 126 cm³/mol. The van der Waals surface area contributed by atoms with E-state index in [0.29, 0.717) is 28.9 Å². The number of anilines is 1. The summed E-state index contributed by atoms with van der Waals surface area (Å²) in [5, 5.41) is 11.7. The molecule has 0 aliphatic heterocycles. The van der Waals surface area contributed by atoms with Gasteiger partial charge in [0, 0.05) is 19.2 Å². The number of thioether (sulfide) groups is 1. The highest BCUT2D eigenvalue weighted by molar-refractivity contribution is 7.99. The third-order valence-electron chi connectivity index (χ3n) is 5.29. The van der Waals surface area contributed by atoms with E-state index in [1.807, 2.05) is 41.8 Å². The molecule has 4 rings (SSSR count). The second kappa shape index (κ2) is 9.45. The van der Waals surface area contributed by atoms with Gasteiger partial charge < -0.3 is 9.88 Å². The lowest BCUT2D eigenvalue weighted by atomic mass is 10.2. The number of rotatable bonds is 7. The molecule has 170 valence electrons. The van der Waals surface area contributed by atoms with Gasteiger partial charge in [-0.1, -0.05) is 30.0 Å². The molecule has 0 radical (unpaired) electrons. The molecule has 2 aromatic heterocycles. The number of nitrogens with zero attached hydrogens (tertiary/aromatic N) is 5. The summed E-state index contributed by atoms with van der Waals surface area (Å²) < 4.78 is 18.3. The van der Waals surface area contributed by atoms with Crippen LogP contribution < -0.4 is 10.9 Å². The number of hydrogen-bond acceptors (Lipinski definition) is 5. The van der Waals surface area contributed by atoms with Crippen LogP contribution in [0.3, 0.4) is 0 Å². The summed E-state index contributed by atoms with van der Waals surface area (Å²) in [6.45, 7) is 4.31. The van der Waals surface area contributed by atoms with E-state index in [-0.39, 0.29) is 28.7 Å². The molecule has 1 amide bonds. The molecule has 2 aromatic carbocycles. The van der Waals surface area contributed by atoms with Gasteiger partial charge in [0.25, 0.3) is 5.56 Å². The Morgan fingerprint density at radius 2 is 1.79 bits per heavy atom. The van der Waals surface area contributed by atoms with E-state index in [2.05, 4.69) is 15.5 Å². The van der Waals surface area contributed by atoms with Crippen molar-refractivity contribution in [2.45, 2.75) is 25.5 Å². The fraction of sp³-hybridized carbons (Fsp3) is 0.217. The molecular weight excluding hydrogens is 443 g/mol. The first-order chi connectivity index (χ1) is 15.9. The van der Waals surface area contributed by atoms with E-state index in [4.69, 9.17) is 0 Å². The van der Waals surface area contributed by atoms with Crippen molar-refractivity contribution in [2.24, 2.45) is 7.05 Å². The highest BCUT2D eigenvalue weighted by atomic mass is 32.2. The number of amides is 1. The molecule has 4 aromatic rings. The van der Waals surface area contributed by atoms with Gasteiger partial charge in [-0.15, -0.1) is 10.2 Å². The summed E-state index contributed by atoms with van der Waals surface area (Å²) in [5.74, 6) is 0.0147. The van der Waals surface area contributed by atoms with Crippen molar-refractivity contribution in [3.05, 3.63) is 76.5 Å². The Labute approximate surface area is 194 Å². The summed E-state index contributed by atoms with van der Waals surface area (Å²) in [7, 11) is 1.77. The molecule has 33 heavy (non-hydrogen) atoms. The molecule has 0 aliphatic carbocycles. The topological polar surface area (TPSA) is 86.7 Å². The van der Waals surface area contributed by atoms with Crippen LogP contribution in [-0.2, 0) is 18.4 Å². The van der Waals surface area contributed by atoms with E-state index >= 15 is 0 Å². The largest absolute Gasteiger partial charge is 0.319 e. The highest BCUT2D eigenvalue weighted by Crippen LogP contribution is 2.24. The van der Waals surface area contributed by atoms with E-state index < -0.39 is 0 Å². The summed E-state index contributed by atoms with van der Waals surface area (Å²) in [4.78, 5) is 25.6. The van der Waals surface area contributed by atoms with E-state index in [0.717, 1.165) is 5.56 Å². The lowest BCUT2D eigenvalue weighted by molar-refractivity contribution is -0.113. The molecule has 8 nitrogen and oxygen atoms in total. The molecule has 0 unspecified atom stereocenters. The lowest BCUT2D eigenvalue weighted by Crippen LogP contribution is -2.23. The minimum atomic E-state index is -0.324. The van der Waals surface area contributed by atoms with E-state index in [1.54, 1.807) is 30.8 Å². The Hall–Kier alpha value is -3.66. The van der Waals surface area contributed by atoms with Crippen LogP contribution >= 0.6 is 11.8 Å². The van der Waals surface area contributed by atoms with Crippen LogP contribution in [0.1, 0.15) is 12.6 Å². The zero-order valence-electron chi connectivity index (χ0n) is 18.4. The van der Waals surface area contributed by atoms with Crippen LogP contribution in [0.5, 0.6) is 0 Å². The van der Waals surface area contributed by atoms with Crippen LogP contribution in [-0.4, -0.2) is 35.8 Å². The van der Waals surface area contributed by atoms with Crippen molar-refractivity contribution in [3.63, 3.8) is 0 Å². The summed E-state index contributed by atoms with van der Waals surface area (Å²) in [5.41, 5.74) is 2.05. The average Bonchev–Trinajstić information content (AvgIpc) is 3.33. The van der Waals surface area contributed by atoms with Gasteiger partial charge in [-0.2, -0.15) is 0 Å². The zero-order chi connectivity index (χ0) is 23.5. The van der Waals surface area contributed by atoms with Gasteiger partial charge in [-0.3, -0.25) is 14.3 Å². The SMILES string of the molecule is CCn1c(SCC(=O)Nc2c(C)n(C)n(-c3ccccc3)c2=O)nnc1-c1ccc(F)cc1. The number of nitrogens with one attached hydrogen (secondary N) is 1. The smallest absolute Gasteiger partial charge is 0.295 e. The van der Waals surface area contributed by atoms with Crippen molar-refractivity contribution < 1.29 is 9.18 Å². The molecule has 0 aliphatic rings. The fourth-order valence-corrected chi connectivity index (χ4v) is 4.31. The monoisotopic (exact) mass is 466 g/mol. The normalized spacial score (nSPS) is 11.0. The quantitative estimate of drug-likeness (QED) is 0.420. The third kappa shape index (κ3) is 4.47. The average molecular weight is 467 g/mol. The molecule has 0 saturated heterocycles. The number of carbonyl (C=O) groups excluding carboxylic acids is 1. The van der Waals surface area contributed by atoms with Crippen molar-refractivity contribution in [1.29, 1.82) is 0 Å². The van der Waals surface area contributed by atoms with Crippen LogP contribution in [0.4, 0.5) is 10.1 Å². The highest BCUT2D eigenvalue weighted by Gasteiger charge is 2.19. The number of halogens is 1. The van der Waals surface area contributed by atoms with Gasteiger partial charge >= 0.3 is 0 Å². The Balaban J connectivity index is 1.50. The number of para-hydroxylation sites is 1. The summed E-state index contributed by atoms with van der Waals surface area (Å²) in [6, 6.07) is 15.3. The lowest BCUT2D eigenvalue weighted by Gasteiger charge is -2.08. The maximum absolute atomic E-state index is 13.2. The van der Waals surface area contributed by atoms with Crippen molar-refractivity contribution in [1.82, 2.24) is 24.1 Å². The molecule has 0 fully saturated rings. The number of aromatic nitrogens is 5. The second-order valence-corrected chi connectivity index (χ2v) is 8.27. The molecule has 0 spiro atoms. The minimum absolute atomic E-state index is 0.0562. The Kier molecular flexibility index (Phi) is 6.45. The van der Waals surface area contributed by atoms with Gasteiger partial charge in [-0.25, -0.2) is 9.07 Å². The Morgan fingerprint density at radius 1 is 1.09 bits per heavy atom. The maximum atomic E-state index is 13.2. The third-order valence-corrected chi connectivity index (χ3v) is 6.25. The fourth-order valence-electron chi connectivity index (χ4n) is 3.51.